The average Bonchev–Trinajstić information content (AvgIpc) is 3.32. The topological polar surface area (TPSA) is 68.9 Å². The summed E-state index contributed by atoms with van der Waals surface area (Å²) in [6, 6.07) is 12.7. The highest BCUT2D eigenvalue weighted by Gasteiger charge is 2.18. The van der Waals surface area contributed by atoms with Gasteiger partial charge in [0.15, 0.2) is 5.96 Å². The van der Waals surface area contributed by atoms with Crippen LogP contribution in [-0.2, 0) is 24.1 Å². The highest BCUT2D eigenvalue weighted by Crippen LogP contribution is 2.26. The van der Waals surface area contributed by atoms with Gasteiger partial charge in [0.25, 0.3) is 0 Å². The van der Waals surface area contributed by atoms with Crippen LogP contribution in [0.5, 0.6) is 5.75 Å². The molecule has 142 valence electrons. The number of fused-ring (bicyclic) bond motifs is 1. The van der Waals surface area contributed by atoms with Crippen molar-refractivity contribution in [1.29, 1.82) is 0 Å². The van der Waals surface area contributed by atoms with Crippen molar-refractivity contribution in [3.8, 4) is 5.75 Å². The number of anilines is 1. The molecule has 2 aromatic rings. The number of hydrogen-bond acceptors (Lipinski definition) is 3. The molecule has 1 unspecified atom stereocenters. The van der Waals surface area contributed by atoms with Crippen molar-refractivity contribution in [3.05, 3.63) is 58.7 Å². The Morgan fingerprint density at radius 3 is 2.96 bits per heavy atom. The van der Waals surface area contributed by atoms with E-state index >= 15 is 0 Å². The average molecular weight is 365 g/mol. The zero-order valence-corrected chi connectivity index (χ0v) is 15.8. The first kappa shape index (κ1) is 17.9. The summed E-state index contributed by atoms with van der Waals surface area (Å²) in [6.45, 7) is 3.96. The summed E-state index contributed by atoms with van der Waals surface area (Å²) in [5.74, 6) is 1.29. The van der Waals surface area contributed by atoms with Crippen LogP contribution in [0.15, 0.2) is 41.4 Å². The van der Waals surface area contributed by atoms with Gasteiger partial charge in [0.1, 0.15) is 11.9 Å². The Bertz CT molecular complexity index is 841. The van der Waals surface area contributed by atoms with Gasteiger partial charge in [-0.05, 0) is 61.1 Å². The molecule has 2 aromatic carbocycles. The third-order valence-electron chi connectivity index (χ3n) is 5.19. The van der Waals surface area contributed by atoms with Crippen LogP contribution in [-0.4, -0.2) is 25.3 Å². The molecule has 5 nitrogen and oxygen atoms in total. The van der Waals surface area contributed by atoms with Crippen molar-refractivity contribution in [3.63, 3.8) is 0 Å². The van der Waals surface area contributed by atoms with Gasteiger partial charge in [-0.1, -0.05) is 18.2 Å². The standard InChI is InChI=1S/C22H27N3O2/c1-15-5-6-18(21(11-15)27-20-9-10-26-14-20)13-24-22(23)25-19-8-7-16-3-2-4-17(16)12-19/h5-8,11-12,20H,2-4,9-10,13-14H2,1H3,(H3,23,24,25). The molecular formula is C22H27N3O2. The summed E-state index contributed by atoms with van der Waals surface area (Å²) in [7, 11) is 0. The number of nitrogens with two attached hydrogens (primary N) is 1. The zero-order valence-electron chi connectivity index (χ0n) is 15.8. The summed E-state index contributed by atoms with van der Waals surface area (Å²) in [5.41, 5.74) is 12.2. The molecule has 1 fully saturated rings. The molecule has 5 heteroatoms. The summed E-state index contributed by atoms with van der Waals surface area (Å²) in [6.07, 6.45) is 4.62. The van der Waals surface area contributed by atoms with Crippen LogP contribution in [0.2, 0.25) is 0 Å². The predicted octanol–water partition coefficient (Wildman–Crippen LogP) is 3.58. The first-order valence-corrected chi connectivity index (χ1v) is 9.70. The van der Waals surface area contributed by atoms with Crippen molar-refractivity contribution in [1.82, 2.24) is 0 Å². The Morgan fingerprint density at radius 1 is 1.22 bits per heavy atom. The molecule has 0 saturated carbocycles. The Hall–Kier alpha value is -2.53. The van der Waals surface area contributed by atoms with E-state index in [1.54, 1.807) is 0 Å². The highest BCUT2D eigenvalue weighted by molar-refractivity contribution is 5.92. The second kappa shape index (κ2) is 8.01. The number of guanidine groups is 1. The van der Waals surface area contributed by atoms with Gasteiger partial charge in [-0.25, -0.2) is 4.99 Å². The van der Waals surface area contributed by atoms with Gasteiger partial charge in [-0.15, -0.1) is 0 Å². The monoisotopic (exact) mass is 365 g/mol. The Balaban J connectivity index is 1.43. The van der Waals surface area contributed by atoms with Crippen LogP contribution in [0.25, 0.3) is 0 Å². The fourth-order valence-corrected chi connectivity index (χ4v) is 3.69. The molecule has 4 rings (SSSR count). The van der Waals surface area contributed by atoms with Crippen LogP contribution < -0.4 is 15.8 Å². The number of ether oxygens (including phenoxy) is 2. The summed E-state index contributed by atoms with van der Waals surface area (Å²) >= 11 is 0. The summed E-state index contributed by atoms with van der Waals surface area (Å²) < 4.78 is 11.5. The van der Waals surface area contributed by atoms with Crippen molar-refractivity contribution >= 4 is 11.6 Å². The first-order valence-electron chi connectivity index (χ1n) is 9.70. The summed E-state index contributed by atoms with van der Waals surface area (Å²) in [4.78, 5) is 4.52. The fraction of sp³-hybridized carbons (Fsp3) is 0.409. The van der Waals surface area contributed by atoms with Gasteiger partial charge >= 0.3 is 0 Å². The second-order valence-corrected chi connectivity index (χ2v) is 7.38. The first-order chi connectivity index (χ1) is 13.2. The van der Waals surface area contributed by atoms with E-state index in [4.69, 9.17) is 15.2 Å². The van der Waals surface area contributed by atoms with E-state index in [0.29, 0.717) is 19.1 Å². The van der Waals surface area contributed by atoms with Gasteiger partial charge in [0.05, 0.1) is 19.8 Å². The molecule has 0 amide bonds. The predicted molar refractivity (Wildman–Crippen MR) is 108 cm³/mol. The van der Waals surface area contributed by atoms with Gasteiger partial charge in [0, 0.05) is 17.7 Å². The number of aliphatic imine (C=N–C) groups is 1. The van der Waals surface area contributed by atoms with Crippen molar-refractivity contribution in [2.75, 3.05) is 18.5 Å². The number of rotatable bonds is 5. The molecule has 0 aromatic heterocycles. The third kappa shape index (κ3) is 4.42. The molecule has 1 aliphatic carbocycles. The Labute approximate surface area is 160 Å². The van der Waals surface area contributed by atoms with Crippen LogP contribution in [0, 0.1) is 6.92 Å². The molecule has 1 heterocycles. The van der Waals surface area contributed by atoms with Crippen LogP contribution in [0.1, 0.15) is 35.1 Å². The van der Waals surface area contributed by atoms with Gasteiger partial charge in [-0.3, -0.25) is 0 Å². The zero-order chi connectivity index (χ0) is 18.6. The van der Waals surface area contributed by atoms with Crippen molar-refractivity contribution < 1.29 is 9.47 Å². The van der Waals surface area contributed by atoms with E-state index in [1.807, 2.05) is 0 Å². The van der Waals surface area contributed by atoms with E-state index in [0.717, 1.165) is 36.4 Å². The smallest absolute Gasteiger partial charge is 0.193 e. The lowest BCUT2D eigenvalue weighted by atomic mass is 10.1. The SMILES string of the molecule is Cc1ccc(CN=C(N)Nc2ccc3c(c2)CCC3)c(OC2CCOC2)c1. The quantitative estimate of drug-likeness (QED) is 0.628. The maximum atomic E-state index is 6.13. The lowest BCUT2D eigenvalue weighted by Crippen LogP contribution is -2.23. The van der Waals surface area contributed by atoms with E-state index in [2.05, 4.69) is 53.6 Å². The molecule has 0 spiro atoms. The minimum absolute atomic E-state index is 0.122. The van der Waals surface area contributed by atoms with E-state index in [-0.39, 0.29) is 6.10 Å². The summed E-state index contributed by atoms with van der Waals surface area (Å²) in [5, 5.41) is 3.21. The molecule has 2 aliphatic rings. The number of nitrogens with one attached hydrogen (secondary N) is 1. The number of benzene rings is 2. The Morgan fingerprint density at radius 2 is 2.11 bits per heavy atom. The molecule has 3 N–H and O–H groups in total. The minimum atomic E-state index is 0.122. The van der Waals surface area contributed by atoms with Crippen molar-refractivity contribution in [2.45, 2.75) is 45.3 Å². The molecule has 1 atom stereocenters. The number of aryl methyl sites for hydroxylation is 3. The van der Waals surface area contributed by atoms with Crippen LogP contribution in [0.4, 0.5) is 5.69 Å². The highest BCUT2D eigenvalue weighted by atomic mass is 16.5. The maximum absolute atomic E-state index is 6.13. The molecule has 0 radical (unpaired) electrons. The van der Waals surface area contributed by atoms with E-state index < -0.39 is 0 Å². The second-order valence-electron chi connectivity index (χ2n) is 7.38. The van der Waals surface area contributed by atoms with Gasteiger partial charge in [0.2, 0.25) is 0 Å². The lowest BCUT2D eigenvalue weighted by molar-refractivity contribution is 0.140. The molecule has 27 heavy (non-hydrogen) atoms. The number of hydrogen-bond donors (Lipinski definition) is 2. The largest absolute Gasteiger partial charge is 0.488 e. The lowest BCUT2D eigenvalue weighted by Gasteiger charge is -2.16. The van der Waals surface area contributed by atoms with E-state index in [9.17, 15) is 0 Å². The van der Waals surface area contributed by atoms with Crippen molar-refractivity contribution in [2.24, 2.45) is 10.7 Å². The fourth-order valence-electron chi connectivity index (χ4n) is 3.69. The molecular weight excluding hydrogens is 338 g/mol. The maximum Gasteiger partial charge on any atom is 0.193 e. The Kier molecular flexibility index (Phi) is 5.30. The minimum Gasteiger partial charge on any atom is -0.488 e. The van der Waals surface area contributed by atoms with E-state index in [1.165, 1.54) is 29.5 Å². The van der Waals surface area contributed by atoms with Gasteiger partial charge in [-0.2, -0.15) is 0 Å². The van der Waals surface area contributed by atoms with Crippen LogP contribution in [0.3, 0.4) is 0 Å². The molecule has 1 saturated heterocycles. The van der Waals surface area contributed by atoms with Crippen LogP contribution >= 0.6 is 0 Å². The van der Waals surface area contributed by atoms with Gasteiger partial charge < -0.3 is 20.5 Å². The molecule has 1 aliphatic heterocycles. The third-order valence-corrected chi connectivity index (χ3v) is 5.19. The molecule has 0 bridgehead atoms. The number of nitrogens with zero attached hydrogens (tertiary/aromatic N) is 1. The normalized spacial score (nSPS) is 19.1.